The Labute approximate surface area is 222 Å². The van der Waals surface area contributed by atoms with Gasteiger partial charge in [-0.1, -0.05) is 47.5 Å². The zero-order chi connectivity index (χ0) is 29.0. The lowest BCUT2D eigenvalue weighted by Gasteiger charge is -2.13. The number of aryl methyl sites for hydroxylation is 2. The molecule has 3 N–H and O–H groups in total. The van der Waals surface area contributed by atoms with E-state index in [0.717, 1.165) is 12.1 Å². The van der Waals surface area contributed by atoms with Gasteiger partial charge in [0.25, 0.3) is 31.9 Å². The molecule has 10 nitrogen and oxygen atoms in total. The van der Waals surface area contributed by atoms with Gasteiger partial charge < -0.3 is 0 Å². The third-order valence-electron chi connectivity index (χ3n) is 5.07. The predicted molar refractivity (Wildman–Crippen MR) is 136 cm³/mol. The van der Waals surface area contributed by atoms with Gasteiger partial charge in [0.05, 0.1) is 21.0 Å². The van der Waals surface area contributed by atoms with Crippen LogP contribution in [0.25, 0.3) is 0 Å². The Bertz CT molecular complexity index is 1540. The number of alkyl halides is 3. The quantitative estimate of drug-likeness (QED) is 0.210. The maximum absolute atomic E-state index is 13.4. The summed E-state index contributed by atoms with van der Waals surface area (Å²) in [5.41, 5.74) is 0.0333. The summed E-state index contributed by atoms with van der Waals surface area (Å²) in [5, 5.41) is 3.37. The molecule has 0 aromatic heterocycles. The van der Waals surface area contributed by atoms with Crippen molar-refractivity contribution in [3.63, 3.8) is 0 Å². The molecule has 0 unspecified atom stereocenters. The van der Waals surface area contributed by atoms with E-state index in [9.17, 15) is 39.6 Å². The number of nitrogens with one attached hydrogen (secondary N) is 3. The van der Waals surface area contributed by atoms with Crippen molar-refractivity contribution in [1.29, 1.82) is 0 Å². The first-order chi connectivity index (χ1) is 18.1. The van der Waals surface area contributed by atoms with Gasteiger partial charge in [-0.2, -0.15) is 18.3 Å². The second-order valence-corrected chi connectivity index (χ2v) is 11.5. The highest BCUT2D eigenvalue weighted by Gasteiger charge is 2.34. The Morgan fingerprint density at radius 2 is 1.10 bits per heavy atom. The van der Waals surface area contributed by atoms with Crippen molar-refractivity contribution in [3.05, 3.63) is 89.5 Å². The van der Waals surface area contributed by atoms with Crippen LogP contribution in [0.4, 0.5) is 18.9 Å². The molecule has 0 saturated carbocycles. The van der Waals surface area contributed by atoms with E-state index < -0.39 is 55.0 Å². The summed E-state index contributed by atoms with van der Waals surface area (Å²) in [6.07, 6.45) is -4.85. The highest BCUT2D eigenvalue weighted by atomic mass is 32.2. The number of sulfonamides is 2. The van der Waals surface area contributed by atoms with Crippen molar-refractivity contribution >= 4 is 43.3 Å². The summed E-state index contributed by atoms with van der Waals surface area (Å²) in [4.78, 5) is 25.0. The molecule has 3 aromatic carbocycles. The summed E-state index contributed by atoms with van der Waals surface area (Å²) in [7, 11) is -9.17. The summed E-state index contributed by atoms with van der Waals surface area (Å²) >= 11 is 0. The van der Waals surface area contributed by atoms with Crippen molar-refractivity contribution in [2.75, 3.05) is 5.43 Å². The van der Waals surface area contributed by atoms with Gasteiger partial charge in [-0.25, -0.2) is 26.3 Å². The molecule has 0 bridgehead atoms. The number of amides is 2. The number of rotatable bonds is 8. The number of carbonyl (C=O) groups excluding carboxylic acids is 2. The molecule has 3 aromatic rings. The molecule has 206 valence electrons. The average molecular weight is 583 g/mol. The van der Waals surface area contributed by atoms with Crippen LogP contribution in [0.5, 0.6) is 0 Å². The molecule has 0 aliphatic carbocycles. The van der Waals surface area contributed by atoms with Gasteiger partial charge in [0, 0.05) is 0 Å². The van der Waals surface area contributed by atoms with E-state index in [4.69, 9.17) is 0 Å². The largest absolute Gasteiger partial charge is 0.418 e. The molecule has 3 rings (SSSR count). The fraction of sp³-hybridized carbons (Fsp3) is 0.125. The van der Waals surface area contributed by atoms with Gasteiger partial charge in [-0.15, -0.1) is 0 Å². The molecule has 0 radical (unpaired) electrons. The molecule has 15 heteroatoms. The number of anilines is 1. The Kier molecular flexibility index (Phi) is 8.45. The molecule has 0 aliphatic heterocycles. The van der Waals surface area contributed by atoms with Crippen molar-refractivity contribution in [2.45, 2.75) is 29.8 Å². The van der Waals surface area contributed by atoms with E-state index in [1.54, 1.807) is 23.3 Å². The van der Waals surface area contributed by atoms with Gasteiger partial charge >= 0.3 is 6.18 Å². The first-order valence-electron chi connectivity index (χ1n) is 10.9. The number of nitrogens with zero attached hydrogens (tertiary/aromatic N) is 1. The monoisotopic (exact) mass is 582 g/mol. The maximum Gasteiger partial charge on any atom is 0.418 e. The lowest BCUT2D eigenvalue weighted by atomic mass is 10.2. The number of para-hydroxylation sites is 1. The molecular weight excluding hydrogens is 561 g/mol. The number of benzene rings is 3. The first kappa shape index (κ1) is 29.3. The van der Waals surface area contributed by atoms with Crippen LogP contribution in [0.2, 0.25) is 0 Å². The van der Waals surface area contributed by atoms with E-state index in [-0.39, 0.29) is 9.79 Å². The molecule has 0 saturated heterocycles. The van der Waals surface area contributed by atoms with Crippen LogP contribution in [0.1, 0.15) is 16.7 Å². The molecule has 0 fully saturated rings. The second kappa shape index (κ2) is 11.2. The van der Waals surface area contributed by atoms with Crippen LogP contribution in [0, 0.1) is 13.8 Å². The Hall–Kier alpha value is -4.24. The van der Waals surface area contributed by atoms with Crippen molar-refractivity contribution in [2.24, 2.45) is 5.10 Å². The summed E-state index contributed by atoms with van der Waals surface area (Å²) in [6.45, 7) is 3.37. The van der Waals surface area contributed by atoms with Crippen LogP contribution in [0.3, 0.4) is 0 Å². The maximum atomic E-state index is 13.4. The number of carbonyl (C=O) groups is 2. The molecule has 2 amide bonds. The molecule has 0 spiro atoms. The Morgan fingerprint density at radius 1 is 0.692 bits per heavy atom. The smallest absolute Gasteiger partial charge is 0.277 e. The number of hydrogen-bond acceptors (Lipinski definition) is 8. The minimum atomic E-state index is -4.85. The van der Waals surface area contributed by atoms with Crippen molar-refractivity contribution in [1.82, 2.24) is 9.44 Å². The minimum absolute atomic E-state index is 0.371. The van der Waals surface area contributed by atoms with Gasteiger partial charge in [0.15, 0.2) is 0 Å². The fourth-order valence-electron chi connectivity index (χ4n) is 3.04. The van der Waals surface area contributed by atoms with E-state index in [1.165, 1.54) is 54.6 Å². The molecule has 0 atom stereocenters. The van der Waals surface area contributed by atoms with Crippen LogP contribution < -0.4 is 14.9 Å². The van der Waals surface area contributed by atoms with Crippen LogP contribution in [0.15, 0.2) is 87.7 Å². The van der Waals surface area contributed by atoms with Gasteiger partial charge in [-0.3, -0.25) is 15.0 Å². The lowest BCUT2D eigenvalue weighted by molar-refractivity contribution is -0.137. The number of hydrogen-bond donors (Lipinski definition) is 3. The molecule has 39 heavy (non-hydrogen) atoms. The van der Waals surface area contributed by atoms with E-state index >= 15 is 0 Å². The predicted octanol–water partition coefficient (Wildman–Crippen LogP) is 3.10. The third kappa shape index (κ3) is 7.42. The Balaban J connectivity index is 1.99. The lowest BCUT2D eigenvalue weighted by Crippen LogP contribution is -2.46. The normalized spacial score (nSPS) is 11.8. The average Bonchev–Trinajstić information content (AvgIpc) is 2.83. The van der Waals surface area contributed by atoms with Gasteiger partial charge in [0.1, 0.15) is 0 Å². The topological polar surface area (TPSA) is 151 Å². The van der Waals surface area contributed by atoms with Crippen LogP contribution >= 0.6 is 0 Å². The Morgan fingerprint density at radius 3 is 1.51 bits per heavy atom. The number of hydrazone groups is 1. The summed E-state index contributed by atoms with van der Waals surface area (Å²) in [6, 6.07) is 14.3. The third-order valence-corrected chi connectivity index (χ3v) is 7.76. The first-order valence-corrected chi connectivity index (χ1v) is 13.8. The van der Waals surface area contributed by atoms with E-state index in [0.29, 0.717) is 17.2 Å². The van der Waals surface area contributed by atoms with E-state index in [2.05, 4.69) is 5.10 Å². The van der Waals surface area contributed by atoms with Gasteiger partial charge in [-0.05, 0) is 50.2 Å². The van der Waals surface area contributed by atoms with E-state index in [1.807, 2.05) is 5.43 Å². The zero-order valence-corrected chi connectivity index (χ0v) is 21.9. The molecular formula is C24H21F3N4O6S2. The second-order valence-electron chi connectivity index (χ2n) is 8.11. The van der Waals surface area contributed by atoms with Crippen LogP contribution in [-0.4, -0.2) is 34.4 Å². The standard InChI is InChI=1S/C24H21F3N4O6S2/c1-15-7-11-17(12-8-15)38(34,35)30-22(32)21(29-28-20-6-4-3-5-19(20)24(25,26)27)23(33)31-39(36,37)18-13-9-16(2)10-14-18/h3-14,28H,1-2H3,(H,30,32)(H,31,33). The highest BCUT2D eigenvalue weighted by Crippen LogP contribution is 2.34. The number of halogens is 3. The van der Waals surface area contributed by atoms with Crippen LogP contribution in [-0.2, 0) is 35.8 Å². The highest BCUT2D eigenvalue weighted by molar-refractivity contribution is 7.90. The van der Waals surface area contributed by atoms with Gasteiger partial charge in [0.2, 0.25) is 5.71 Å². The fourth-order valence-corrected chi connectivity index (χ4v) is 4.95. The summed E-state index contributed by atoms with van der Waals surface area (Å²) in [5.74, 6) is -3.41. The zero-order valence-electron chi connectivity index (χ0n) is 20.3. The summed E-state index contributed by atoms with van der Waals surface area (Å²) < 4.78 is 93.9. The molecule has 0 heterocycles. The molecule has 0 aliphatic rings. The SMILES string of the molecule is Cc1ccc(S(=O)(=O)NC(=O)C(=NNc2ccccc2C(F)(F)F)C(=O)NS(=O)(=O)c2ccc(C)cc2)cc1. The van der Waals surface area contributed by atoms with Crippen molar-refractivity contribution in [3.8, 4) is 0 Å². The minimum Gasteiger partial charge on any atom is -0.277 e. The van der Waals surface area contributed by atoms with Crippen molar-refractivity contribution < 1.29 is 39.6 Å².